The molecule has 0 atom stereocenters. The first-order valence-electron chi connectivity index (χ1n) is 9.81. The van der Waals surface area contributed by atoms with Crippen LogP contribution in [0.1, 0.15) is 41.6 Å². The Balaban J connectivity index is 1.61. The number of phenolic OH excluding ortho intramolecular Hbond substituents is 1. The van der Waals surface area contributed by atoms with Crippen LogP contribution in [-0.4, -0.2) is 78.4 Å². The molecule has 2 saturated heterocycles. The van der Waals surface area contributed by atoms with Crippen LogP contribution in [0, 0.1) is 12.3 Å². The first kappa shape index (κ1) is 19.7. The first-order chi connectivity index (χ1) is 12.8. The Bertz CT molecular complexity index is 709. The highest BCUT2D eigenvalue weighted by atomic mass is 16.3. The van der Waals surface area contributed by atoms with Gasteiger partial charge in [0.1, 0.15) is 5.75 Å². The number of benzene rings is 1. The lowest BCUT2D eigenvalue weighted by Gasteiger charge is -2.47. The Morgan fingerprint density at radius 3 is 2.56 bits per heavy atom. The monoisotopic (exact) mass is 373 g/mol. The molecule has 0 saturated carbocycles. The number of likely N-dealkylation sites (tertiary alicyclic amines) is 2. The number of nitrogens with zero attached hydrogens (tertiary/aromatic N) is 3. The van der Waals surface area contributed by atoms with Gasteiger partial charge in [-0.05, 0) is 69.5 Å². The molecule has 27 heavy (non-hydrogen) atoms. The molecule has 3 rings (SSSR count). The highest BCUT2D eigenvalue weighted by Crippen LogP contribution is 2.40. The first-order valence-corrected chi connectivity index (χ1v) is 9.81. The molecule has 0 bridgehead atoms. The summed E-state index contributed by atoms with van der Waals surface area (Å²) in [5, 5.41) is 9.67. The van der Waals surface area contributed by atoms with Crippen molar-refractivity contribution in [2.75, 3.05) is 46.8 Å². The van der Waals surface area contributed by atoms with Crippen LogP contribution in [0.5, 0.6) is 5.75 Å². The number of aryl methyl sites for hydroxylation is 1. The van der Waals surface area contributed by atoms with Gasteiger partial charge in [-0.3, -0.25) is 9.59 Å². The van der Waals surface area contributed by atoms with E-state index in [4.69, 9.17) is 0 Å². The summed E-state index contributed by atoms with van der Waals surface area (Å²) in [6.45, 7) is 5.75. The molecule has 0 aliphatic carbocycles. The van der Waals surface area contributed by atoms with Crippen LogP contribution in [0.2, 0.25) is 0 Å². The minimum absolute atomic E-state index is 0.0318. The topological polar surface area (TPSA) is 64.1 Å². The van der Waals surface area contributed by atoms with Gasteiger partial charge in [0.15, 0.2) is 0 Å². The number of hydrogen-bond donors (Lipinski definition) is 1. The summed E-state index contributed by atoms with van der Waals surface area (Å²) in [5.74, 6) is 0.513. The molecule has 2 aliphatic heterocycles. The van der Waals surface area contributed by atoms with Crippen molar-refractivity contribution in [1.82, 2.24) is 14.7 Å². The second-order valence-electron chi connectivity index (χ2n) is 8.41. The van der Waals surface area contributed by atoms with E-state index in [-0.39, 0.29) is 23.0 Å². The summed E-state index contributed by atoms with van der Waals surface area (Å²) >= 11 is 0. The Kier molecular flexibility index (Phi) is 5.75. The summed E-state index contributed by atoms with van der Waals surface area (Å²) in [7, 11) is 4.05. The number of piperidine rings is 2. The number of likely N-dealkylation sites (N-methyl/N-ethyl adjacent to an activating group) is 1. The zero-order valence-corrected chi connectivity index (χ0v) is 16.7. The second kappa shape index (κ2) is 7.89. The van der Waals surface area contributed by atoms with Crippen molar-refractivity contribution < 1.29 is 14.7 Å². The summed E-state index contributed by atoms with van der Waals surface area (Å²) in [6.07, 6.45) is 3.45. The van der Waals surface area contributed by atoms with Gasteiger partial charge >= 0.3 is 0 Å². The molecule has 1 spiro atoms. The fraction of sp³-hybridized carbons (Fsp3) is 0.619. The van der Waals surface area contributed by atoms with E-state index in [1.165, 1.54) is 0 Å². The smallest absolute Gasteiger partial charge is 0.253 e. The van der Waals surface area contributed by atoms with Gasteiger partial charge in [0.2, 0.25) is 5.91 Å². The van der Waals surface area contributed by atoms with Crippen molar-refractivity contribution in [1.29, 1.82) is 0 Å². The summed E-state index contributed by atoms with van der Waals surface area (Å²) in [6, 6.07) is 5.03. The summed E-state index contributed by atoms with van der Waals surface area (Å²) < 4.78 is 0. The predicted molar refractivity (Wildman–Crippen MR) is 105 cm³/mol. The van der Waals surface area contributed by atoms with E-state index in [1.54, 1.807) is 25.1 Å². The molecule has 0 radical (unpaired) electrons. The van der Waals surface area contributed by atoms with E-state index >= 15 is 0 Å². The maximum Gasteiger partial charge on any atom is 0.253 e. The van der Waals surface area contributed by atoms with Gasteiger partial charge in [0.05, 0.1) is 0 Å². The quantitative estimate of drug-likeness (QED) is 0.878. The van der Waals surface area contributed by atoms with Gasteiger partial charge in [-0.2, -0.15) is 0 Å². The lowest BCUT2D eigenvalue weighted by atomic mass is 9.72. The maximum atomic E-state index is 12.8. The van der Waals surface area contributed by atoms with Gasteiger partial charge in [0, 0.05) is 44.7 Å². The molecule has 2 aliphatic rings. The van der Waals surface area contributed by atoms with E-state index in [0.29, 0.717) is 12.0 Å². The van der Waals surface area contributed by atoms with Crippen molar-refractivity contribution in [3.63, 3.8) is 0 Å². The van der Waals surface area contributed by atoms with Crippen LogP contribution in [0.25, 0.3) is 0 Å². The molecular formula is C21H31N3O3. The number of aromatic hydroxyl groups is 1. The number of carbonyl (C=O) groups is 2. The van der Waals surface area contributed by atoms with E-state index in [0.717, 1.165) is 57.5 Å². The van der Waals surface area contributed by atoms with Gasteiger partial charge in [-0.15, -0.1) is 0 Å². The molecule has 2 fully saturated rings. The van der Waals surface area contributed by atoms with Crippen molar-refractivity contribution in [3.05, 3.63) is 29.3 Å². The van der Waals surface area contributed by atoms with Crippen LogP contribution in [-0.2, 0) is 4.79 Å². The molecule has 0 aromatic heterocycles. The lowest BCUT2D eigenvalue weighted by molar-refractivity contribution is -0.139. The van der Waals surface area contributed by atoms with Gasteiger partial charge in [-0.25, -0.2) is 0 Å². The Labute approximate surface area is 161 Å². The predicted octanol–water partition coefficient (Wildman–Crippen LogP) is 2.11. The number of hydrogen-bond acceptors (Lipinski definition) is 4. The molecule has 6 nitrogen and oxygen atoms in total. The molecule has 148 valence electrons. The van der Waals surface area contributed by atoms with Crippen LogP contribution in [0.3, 0.4) is 0 Å². The third kappa shape index (κ3) is 4.43. The van der Waals surface area contributed by atoms with Crippen LogP contribution >= 0.6 is 0 Å². The Morgan fingerprint density at radius 1 is 1.22 bits per heavy atom. The van der Waals surface area contributed by atoms with Crippen LogP contribution in [0.4, 0.5) is 0 Å². The van der Waals surface area contributed by atoms with E-state index in [9.17, 15) is 14.7 Å². The average Bonchev–Trinajstić information content (AvgIpc) is 2.65. The molecular weight excluding hydrogens is 342 g/mol. The number of phenols is 1. The van der Waals surface area contributed by atoms with Gasteiger partial charge in [-0.1, -0.05) is 0 Å². The molecule has 1 N–H and O–H groups in total. The fourth-order valence-electron chi connectivity index (χ4n) is 4.19. The standard InChI is InChI=1S/C21H31N3O3/c1-16-14-17(4-5-18(16)25)20(27)23-10-8-21(9-11-23)7-6-19(26)24(15-21)13-12-22(2)3/h4-5,14,25H,6-13,15H2,1-3H3. The molecule has 2 heterocycles. The SMILES string of the molecule is Cc1cc(C(=O)N2CCC3(CCC(=O)N(CCN(C)C)C3)CC2)ccc1O. The highest BCUT2D eigenvalue weighted by molar-refractivity contribution is 5.94. The Morgan fingerprint density at radius 2 is 1.93 bits per heavy atom. The van der Waals surface area contributed by atoms with E-state index in [1.807, 2.05) is 23.9 Å². The van der Waals surface area contributed by atoms with Crippen LogP contribution in [0.15, 0.2) is 18.2 Å². The van der Waals surface area contributed by atoms with Crippen molar-refractivity contribution in [3.8, 4) is 5.75 Å². The fourth-order valence-corrected chi connectivity index (χ4v) is 4.19. The zero-order valence-electron chi connectivity index (χ0n) is 16.7. The van der Waals surface area contributed by atoms with Crippen molar-refractivity contribution >= 4 is 11.8 Å². The normalized spacial score (nSPS) is 19.8. The minimum atomic E-state index is 0.0318. The summed E-state index contributed by atoms with van der Waals surface area (Å²) in [4.78, 5) is 31.1. The largest absolute Gasteiger partial charge is 0.508 e. The second-order valence-corrected chi connectivity index (χ2v) is 8.41. The molecule has 2 amide bonds. The molecule has 1 aromatic rings. The zero-order chi connectivity index (χ0) is 19.6. The van der Waals surface area contributed by atoms with E-state index in [2.05, 4.69) is 4.90 Å². The maximum absolute atomic E-state index is 12.8. The van der Waals surface area contributed by atoms with Gasteiger partial charge in [0.25, 0.3) is 5.91 Å². The highest BCUT2D eigenvalue weighted by Gasteiger charge is 2.41. The molecule has 1 aromatic carbocycles. The van der Waals surface area contributed by atoms with Crippen LogP contribution < -0.4 is 0 Å². The third-order valence-corrected chi connectivity index (χ3v) is 6.12. The average molecular weight is 373 g/mol. The number of rotatable bonds is 4. The molecule has 6 heteroatoms. The number of carbonyl (C=O) groups excluding carboxylic acids is 2. The third-order valence-electron chi connectivity index (χ3n) is 6.12. The van der Waals surface area contributed by atoms with Crippen molar-refractivity contribution in [2.24, 2.45) is 5.41 Å². The van der Waals surface area contributed by atoms with Crippen molar-refractivity contribution in [2.45, 2.75) is 32.6 Å². The minimum Gasteiger partial charge on any atom is -0.508 e. The van der Waals surface area contributed by atoms with E-state index < -0.39 is 0 Å². The van der Waals surface area contributed by atoms with Gasteiger partial charge < -0.3 is 19.8 Å². The lowest BCUT2D eigenvalue weighted by Crippen LogP contribution is -2.53. The summed E-state index contributed by atoms with van der Waals surface area (Å²) in [5.41, 5.74) is 1.51. The number of amides is 2. The molecule has 0 unspecified atom stereocenters. The Hall–Kier alpha value is -2.08.